The van der Waals surface area contributed by atoms with E-state index in [0.29, 0.717) is 11.4 Å². The van der Waals surface area contributed by atoms with Crippen molar-refractivity contribution in [2.24, 2.45) is 0 Å². The average molecular weight is 268 g/mol. The van der Waals surface area contributed by atoms with E-state index in [9.17, 15) is 4.79 Å². The fourth-order valence-electron chi connectivity index (χ4n) is 1.53. The van der Waals surface area contributed by atoms with E-state index in [-0.39, 0.29) is 5.69 Å². The quantitative estimate of drug-likeness (QED) is 0.927. The largest absolute Gasteiger partial charge is 0.476 e. The number of nitrogens with zero attached hydrogens (tertiary/aromatic N) is 1. The van der Waals surface area contributed by atoms with Crippen LogP contribution in [0.3, 0.4) is 0 Å². The molecule has 1 aromatic carbocycles. The van der Waals surface area contributed by atoms with E-state index in [1.807, 2.05) is 24.3 Å². The summed E-state index contributed by atoms with van der Waals surface area (Å²) in [5.41, 5.74) is 1.09. The first-order valence-corrected chi connectivity index (χ1v) is 6.20. The number of benzene rings is 1. The van der Waals surface area contributed by atoms with Crippen LogP contribution in [0.2, 0.25) is 5.02 Å². The topological polar surface area (TPSA) is 50.2 Å². The molecule has 0 amide bonds. The van der Waals surface area contributed by atoms with Gasteiger partial charge in [-0.2, -0.15) is 0 Å². The molecule has 0 radical (unpaired) electrons. The molecule has 0 aliphatic carbocycles. The van der Waals surface area contributed by atoms with E-state index in [1.54, 1.807) is 6.92 Å². The Hall–Kier alpha value is -1.39. The lowest BCUT2D eigenvalue weighted by Gasteiger charge is -2.00. The molecule has 5 heteroatoms. The lowest BCUT2D eigenvalue weighted by molar-refractivity contribution is 0.0690. The highest BCUT2D eigenvalue weighted by atomic mass is 35.5. The number of rotatable bonds is 3. The molecule has 1 heterocycles. The van der Waals surface area contributed by atoms with Crippen LogP contribution < -0.4 is 0 Å². The van der Waals surface area contributed by atoms with Crippen molar-refractivity contribution in [1.82, 2.24) is 4.98 Å². The molecular formula is C12H10ClNO2S. The van der Waals surface area contributed by atoms with Gasteiger partial charge in [0.1, 0.15) is 0 Å². The highest BCUT2D eigenvalue weighted by Crippen LogP contribution is 2.23. The van der Waals surface area contributed by atoms with Crippen LogP contribution >= 0.6 is 22.9 Å². The summed E-state index contributed by atoms with van der Waals surface area (Å²) in [5.74, 6) is -0.982. The van der Waals surface area contributed by atoms with Crippen LogP contribution in [0.4, 0.5) is 0 Å². The predicted molar refractivity (Wildman–Crippen MR) is 68.1 cm³/mol. The van der Waals surface area contributed by atoms with Gasteiger partial charge in [-0.1, -0.05) is 29.8 Å². The Kier molecular flexibility index (Phi) is 3.45. The first-order chi connectivity index (χ1) is 8.08. The van der Waals surface area contributed by atoms with Gasteiger partial charge in [-0.15, -0.1) is 11.3 Å². The molecule has 0 unspecified atom stereocenters. The zero-order chi connectivity index (χ0) is 12.4. The number of aromatic nitrogens is 1. The van der Waals surface area contributed by atoms with E-state index in [0.717, 1.165) is 15.4 Å². The molecule has 3 nitrogen and oxygen atoms in total. The Balaban J connectivity index is 2.28. The Bertz CT molecular complexity index is 565. The van der Waals surface area contributed by atoms with Crippen molar-refractivity contribution < 1.29 is 9.90 Å². The molecule has 0 saturated carbocycles. The van der Waals surface area contributed by atoms with Crippen molar-refractivity contribution in [2.75, 3.05) is 0 Å². The Morgan fingerprint density at radius 1 is 1.47 bits per heavy atom. The molecule has 0 spiro atoms. The second kappa shape index (κ2) is 4.85. The third-order valence-electron chi connectivity index (χ3n) is 2.34. The molecule has 0 atom stereocenters. The van der Waals surface area contributed by atoms with Crippen molar-refractivity contribution in [3.05, 3.63) is 50.4 Å². The molecule has 2 aromatic rings. The smallest absolute Gasteiger partial charge is 0.355 e. The van der Waals surface area contributed by atoms with Crippen LogP contribution in [0.25, 0.3) is 0 Å². The minimum atomic E-state index is -0.982. The lowest BCUT2D eigenvalue weighted by Crippen LogP contribution is -1.99. The van der Waals surface area contributed by atoms with Gasteiger partial charge in [-0.25, -0.2) is 9.78 Å². The molecule has 0 aliphatic heterocycles. The monoisotopic (exact) mass is 267 g/mol. The molecule has 0 aliphatic rings. The van der Waals surface area contributed by atoms with Gasteiger partial charge in [-0.05, 0) is 18.6 Å². The molecule has 17 heavy (non-hydrogen) atoms. The van der Waals surface area contributed by atoms with Crippen molar-refractivity contribution >= 4 is 28.9 Å². The standard InChI is InChI=1S/C12H10ClNO2S/c1-7-11(12(15)16)14-10(17-7)6-8-4-2-3-5-9(8)13/h2-5H,6H2,1H3,(H,15,16). The molecular weight excluding hydrogens is 258 g/mol. The van der Waals surface area contributed by atoms with Crippen LogP contribution in [0.15, 0.2) is 24.3 Å². The zero-order valence-electron chi connectivity index (χ0n) is 9.11. The number of hydrogen-bond donors (Lipinski definition) is 1. The highest BCUT2D eigenvalue weighted by molar-refractivity contribution is 7.11. The number of carboxylic acids is 1. The second-order valence-electron chi connectivity index (χ2n) is 3.59. The molecule has 0 fully saturated rings. The molecule has 2 rings (SSSR count). The number of aromatic carboxylic acids is 1. The number of thiazole rings is 1. The van der Waals surface area contributed by atoms with E-state index in [2.05, 4.69) is 4.98 Å². The summed E-state index contributed by atoms with van der Waals surface area (Å²) in [7, 11) is 0. The number of carboxylic acid groups (broad SMARTS) is 1. The molecule has 1 N–H and O–H groups in total. The first-order valence-electron chi connectivity index (χ1n) is 5.01. The second-order valence-corrected chi connectivity index (χ2v) is 5.28. The molecule has 0 bridgehead atoms. The number of aryl methyl sites for hydroxylation is 1. The van der Waals surface area contributed by atoms with Gasteiger partial charge in [0.05, 0.1) is 5.01 Å². The van der Waals surface area contributed by atoms with Gasteiger partial charge in [0.15, 0.2) is 5.69 Å². The fourth-order valence-corrected chi connectivity index (χ4v) is 2.68. The highest BCUT2D eigenvalue weighted by Gasteiger charge is 2.14. The minimum absolute atomic E-state index is 0.136. The van der Waals surface area contributed by atoms with E-state index in [1.165, 1.54) is 11.3 Å². The summed E-state index contributed by atoms with van der Waals surface area (Å²) >= 11 is 7.44. The van der Waals surface area contributed by atoms with Crippen LogP contribution in [-0.2, 0) is 6.42 Å². The van der Waals surface area contributed by atoms with Gasteiger partial charge >= 0.3 is 5.97 Å². The number of carbonyl (C=O) groups is 1. The summed E-state index contributed by atoms with van der Waals surface area (Å²) in [6.45, 7) is 1.76. The van der Waals surface area contributed by atoms with Crippen molar-refractivity contribution in [3.63, 3.8) is 0 Å². The molecule has 0 saturated heterocycles. The molecule has 1 aromatic heterocycles. The summed E-state index contributed by atoms with van der Waals surface area (Å²) < 4.78 is 0. The summed E-state index contributed by atoms with van der Waals surface area (Å²) in [5, 5.41) is 10.4. The van der Waals surface area contributed by atoms with E-state index >= 15 is 0 Å². The summed E-state index contributed by atoms with van der Waals surface area (Å²) in [4.78, 5) is 15.7. The Morgan fingerprint density at radius 3 is 2.76 bits per heavy atom. The maximum absolute atomic E-state index is 10.9. The lowest BCUT2D eigenvalue weighted by atomic mass is 10.1. The van der Waals surface area contributed by atoms with Crippen molar-refractivity contribution in [1.29, 1.82) is 0 Å². The zero-order valence-corrected chi connectivity index (χ0v) is 10.7. The van der Waals surface area contributed by atoms with Crippen molar-refractivity contribution in [3.8, 4) is 0 Å². The summed E-state index contributed by atoms with van der Waals surface area (Å²) in [6, 6.07) is 7.50. The summed E-state index contributed by atoms with van der Waals surface area (Å²) in [6.07, 6.45) is 0.568. The predicted octanol–water partition coefficient (Wildman–Crippen LogP) is 3.39. The van der Waals surface area contributed by atoms with Crippen LogP contribution in [0.1, 0.15) is 25.9 Å². The van der Waals surface area contributed by atoms with Crippen LogP contribution in [-0.4, -0.2) is 16.1 Å². The molecule has 88 valence electrons. The van der Waals surface area contributed by atoms with Gasteiger partial charge in [-0.3, -0.25) is 0 Å². The Labute approximate surface area is 108 Å². The Morgan fingerprint density at radius 2 is 2.18 bits per heavy atom. The third kappa shape index (κ3) is 2.65. The van der Waals surface area contributed by atoms with Crippen molar-refractivity contribution in [2.45, 2.75) is 13.3 Å². The third-order valence-corrected chi connectivity index (χ3v) is 3.68. The number of hydrogen-bond acceptors (Lipinski definition) is 3. The fraction of sp³-hybridized carbons (Fsp3) is 0.167. The van der Waals surface area contributed by atoms with Gasteiger partial charge in [0, 0.05) is 16.3 Å². The number of halogens is 1. The van der Waals surface area contributed by atoms with Crippen LogP contribution in [0.5, 0.6) is 0 Å². The van der Waals surface area contributed by atoms with Gasteiger partial charge in [0.2, 0.25) is 0 Å². The average Bonchev–Trinajstić information content (AvgIpc) is 2.63. The van der Waals surface area contributed by atoms with E-state index in [4.69, 9.17) is 16.7 Å². The van der Waals surface area contributed by atoms with Gasteiger partial charge < -0.3 is 5.11 Å². The normalized spacial score (nSPS) is 10.5. The maximum Gasteiger partial charge on any atom is 0.355 e. The van der Waals surface area contributed by atoms with Crippen LogP contribution in [0, 0.1) is 6.92 Å². The van der Waals surface area contributed by atoms with Gasteiger partial charge in [0.25, 0.3) is 0 Å². The maximum atomic E-state index is 10.9. The first kappa shape index (κ1) is 12.1. The minimum Gasteiger partial charge on any atom is -0.476 e. The SMILES string of the molecule is Cc1sc(Cc2ccccc2Cl)nc1C(=O)O. The van der Waals surface area contributed by atoms with E-state index < -0.39 is 5.97 Å².